The summed E-state index contributed by atoms with van der Waals surface area (Å²) in [5.41, 5.74) is -4.03. The van der Waals surface area contributed by atoms with Gasteiger partial charge in [-0.1, -0.05) is 12.1 Å². The summed E-state index contributed by atoms with van der Waals surface area (Å²) in [6.45, 7) is 0.613. The fraction of sp³-hybridized carbons (Fsp3) is 0.278. The zero-order chi connectivity index (χ0) is 18.7. The maximum Gasteiger partial charge on any atom is 0.446 e. The molecular weight excluding hydrogens is 367 g/mol. The lowest BCUT2D eigenvalue weighted by Crippen LogP contribution is -2.41. The number of hydrogen-bond donors (Lipinski definition) is 0. The zero-order valence-electron chi connectivity index (χ0n) is 13.8. The summed E-state index contributed by atoms with van der Waals surface area (Å²) < 4.78 is 48.5. The first kappa shape index (κ1) is 18.4. The molecule has 1 aliphatic rings. The lowest BCUT2D eigenvalue weighted by molar-refractivity contribution is -0.0328. The number of hydrogen-bond acceptors (Lipinski definition) is 4. The van der Waals surface area contributed by atoms with Crippen molar-refractivity contribution in [1.29, 1.82) is 0 Å². The van der Waals surface area contributed by atoms with Gasteiger partial charge >= 0.3 is 5.51 Å². The van der Waals surface area contributed by atoms with Gasteiger partial charge in [0, 0.05) is 17.5 Å². The van der Waals surface area contributed by atoms with E-state index in [4.69, 9.17) is 9.47 Å². The van der Waals surface area contributed by atoms with Gasteiger partial charge in [0.2, 0.25) is 0 Å². The third-order valence-electron chi connectivity index (χ3n) is 3.73. The van der Waals surface area contributed by atoms with Crippen molar-refractivity contribution >= 4 is 17.7 Å². The molecule has 138 valence electrons. The van der Waals surface area contributed by atoms with Gasteiger partial charge < -0.3 is 14.4 Å². The van der Waals surface area contributed by atoms with Gasteiger partial charge in [-0.3, -0.25) is 4.79 Å². The van der Waals surface area contributed by atoms with Crippen LogP contribution in [0.1, 0.15) is 10.4 Å². The normalized spacial score (nSPS) is 16.2. The van der Waals surface area contributed by atoms with E-state index < -0.39 is 5.51 Å². The number of rotatable bonds is 4. The van der Waals surface area contributed by atoms with Crippen LogP contribution in [0.3, 0.4) is 0 Å². The van der Waals surface area contributed by atoms with E-state index in [1.165, 1.54) is 29.2 Å². The van der Waals surface area contributed by atoms with Crippen molar-refractivity contribution < 1.29 is 27.4 Å². The number of likely N-dealkylation sites (N-methyl/N-ethyl adjacent to an activating group) is 1. The Morgan fingerprint density at radius 3 is 2.46 bits per heavy atom. The number of alkyl halides is 3. The van der Waals surface area contributed by atoms with E-state index in [1.807, 2.05) is 12.1 Å². The molecular formula is C18H16F3NO3S. The number of benzene rings is 2. The zero-order valence-corrected chi connectivity index (χ0v) is 14.6. The largest absolute Gasteiger partial charge is 0.486 e. The minimum Gasteiger partial charge on any atom is -0.486 e. The Bertz CT molecular complexity index is 780. The summed E-state index contributed by atoms with van der Waals surface area (Å²) >= 11 is -0.210. The molecule has 1 atom stereocenters. The molecule has 3 rings (SSSR count). The fourth-order valence-electron chi connectivity index (χ4n) is 2.56. The standard InChI is InChI=1S/C18H16F3NO3S/c1-22(10-13-11-24-15-4-2-3-5-16(15)25-13)17(23)12-6-8-14(9-7-12)26-18(19,20)21/h2-9,13H,10-11H2,1H3. The highest BCUT2D eigenvalue weighted by molar-refractivity contribution is 8.00. The second-order valence-electron chi connectivity index (χ2n) is 5.76. The van der Waals surface area contributed by atoms with Gasteiger partial charge in [-0.05, 0) is 48.2 Å². The summed E-state index contributed by atoms with van der Waals surface area (Å²) in [5.74, 6) is 0.990. The van der Waals surface area contributed by atoms with E-state index in [1.54, 1.807) is 19.2 Å². The first-order valence-corrected chi connectivity index (χ1v) is 8.63. The molecule has 26 heavy (non-hydrogen) atoms. The maximum atomic E-state index is 12.5. The summed E-state index contributed by atoms with van der Waals surface area (Å²) in [7, 11) is 1.62. The van der Waals surface area contributed by atoms with Crippen LogP contribution in [0.25, 0.3) is 0 Å². The third kappa shape index (κ3) is 4.63. The number of para-hydroxylation sites is 2. The van der Waals surface area contributed by atoms with Gasteiger partial charge in [0.05, 0.1) is 6.54 Å². The summed E-state index contributed by atoms with van der Waals surface area (Å²) in [5, 5.41) is 0. The average molecular weight is 383 g/mol. The van der Waals surface area contributed by atoms with Gasteiger partial charge in [0.25, 0.3) is 5.91 Å². The van der Waals surface area contributed by atoms with Gasteiger partial charge in [0.1, 0.15) is 6.61 Å². The molecule has 0 saturated heterocycles. The minimum absolute atomic E-state index is 0.0392. The Morgan fingerprint density at radius 2 is 1.81 bits per heavy atom. The number of amides is 1. The van der Waals surface area contributed by atoms with Crippen LogP contribution >= 0.6 is 11.8 Å². The molecule has 0 aromatic heterocycles. The number of thioether (sulfide) groups is 1. The van der Waals surface area contributed by atoms with Crippen molar-refractivity contribution in [2.24, 2.45) is 0 Å². The Kier molecular flexibility index (Phi) is 5.31. The van der Waals surface area contributed by atoms with Crippen LogP contribution in [0.4, 0.5) is 13.2 Å². The minimum atomic E-state index is -4.35. The molecule has 0 aliphatic carbocycles. The summed E-state index contributed by atoms with van der Waals surface area (Å²) in [6.07, 6.45) is -0.320. The second-order valence-corrected chi connectivity index (χ2v) is 6.89. The smallest absolute Gasteiger partial charge is 0.446 e. The summed E-state index contributed by atoms with van der Waals surface area (Å²) in [6, 6.07) is 12.6. The average Bonchev–Trinajstić information content (AvgIpc) is 2.60. The van der Waals surface area contributed by atoms with Crippen LogP contribution in [-0.2, 0) is 0 Å². The summed E-state index contributed by atoms with van der Waals surface area (Å²) in [4.78, 5) is 14.0. The van der Waals surface area contributed by atoms with E-state index >= 15 is 0 Å². The van der Waals surface area contributed by atoms with Crippen LogP contribution in [-0.4, -0.2) is 42.6 Å². The Balaban J connectivity index is 1.60. The van der Waals surface area contributed by atoms with Gasteiger partial charge in [-0.2, -0.15) is 13.2 Å². The van der Waals surface area contributed by atoms with E-state index in [0.29, 0.717) is 30.2 Å². The van der Waals surface area contributed by atoms with Crippen molar-refractivity contribution in [1.82, 2.24) is 4.90 Å². The molecule has 1 amide bonds. The van der Waals surface area contributed by atoms with Crippen LogP contribution in [0.2, 0.25) is 0 Å². The molecule has 0 bridgehead atoms. The SMILES string of the molecule is CN(CC1COc2ccccc2O1)C(=O)c1ccc(SC(F)(F)F)cc1. The van der Waals surface area contributed by atoms with Gasteiger partial charge in [0.15, 0.2) is 17.6 Å². The molecule has 0 radical (unpaired) electrons. The Hall–Kier alpha value is -2.35. The van der Waals surface area contributed by atoms with E-state index in [-0.39, 0.29) is 28.7 Å². The molecule has 8 heteroatoms. The molecule has 2 aromatic rings. The van der Waals surface area contributed by atoms with E-state index in [9.17, 15) is 18.0 Å². The van der Waals surface area contributed by atoms with Crippen molar-refractivity contribution in [3.63, 3.8) is 0 Å². The highest BCUT2D eigenvalue weighted by Gasteiger charge is 2.29. The van der Waals surface area contributed by atoms with Gasteiger partial charge in [-0.25, -0.2) is 0 Å². The number of fused-ring (bicyclic) bond motifs is 1. The predicted octanol–water partition coefficient (Wildman–Crippen LogP) is 4.21. The molecule has 0 spiro atoms. The topological polar surface area (TPSA) is 38.8 Å². The quantitative estimate of drug-likeness (QED) is 0.742. The van der Waals surface area contributed by atoms with Crippen LogP contribution in [0, 0.1) is 0 Å². The van der Waals surface area contributed by atoms with Crippen LogP contribution in [0.5, 0.6) is 11.5 Å². The lowest BCUT2D eigenvalue weighted by atomic mass is 10.2. The third-order valence-corrected chi connectivity index (χ3v) is 4.47. The van der Waals surface area contributed by atoms with E-state index in [2.05, 4.69) is 0 Å². The lowest BCUT2D eigenvalue weighted by Gasteiger charge is -2.29. The number of nitrogens with zero attached hydrogens (tertiary/aromatic N) is 1. The molecule has 4 nitrogen and oxygen atoms in total. The van der Waals surface area contributed by atoms with Gasteiger partial charge in [-0.15, -0.1) is 0 Å². The van der Waals surface area contributed by atoms with E-state index in [0.717, 1.165) is 0 Å². The van der Waals surface area contributed by atoms with Crippen LogP contribution in [0.15, 0.2) is 53.4 Å². The van der Waals surface area contributed by atoms with Crippen molar-refractivity contribution in [3.8, 4) is 11.5 Å². The molecule has 2 aromatic carbocycles. The molecule has 0 saturated carbocycles. The molecule has 1 heterocycles. The fourth-order valence-corrected chi connectivity index (χ4v) is 3.10. The number of ether oxygens (including phenoxy) is 2. The Labute approximate surface area is 152 Å². The van der Waals surface area contributed by atoms with Crippen LogP contribution < -0.4 is 9.47 Å². The van der Waals surface area contributed by atoms with Crippen molar-refractivity contribution in [3.05, 3.63) is 54.1 Å². The monoisotopic (exact) mass is 383 g/mol. The molecule has 1 unspecified atom stereocenters. The Morgan fingerprint density at radius 1 is 1.15 bits per heavy atom. The first-order valence-electron chi connectivity index (χ1n) is 7.81. The molecule has 0 fully saturated rings. The van der Waals surface area contributed by atoms with Crippen molar-refractivity contribution in [2.75, 3.05) is 20.2 Å². The first-order chi connectivity index (χ1) is 12.3. The second kappa shape index (κ2) is 7.49. The molecule has 0 N–H and O–H groups in total. The maximum absolute atomic E-state index is 12.5. The molecule has 1 aliphatic heterocycles. The van der Waals surface area contributed by atoms with Crippen molar-refractivity contribution in [2.45, 2.75) is 16.5 Å². The number of halogens is 3. The highest BCUT2D eigenvalue weighted by atomic mass is 32.2. The number of carbonyl (C=O) groups is 1. The predicted molar refractivity (Wildman–Crippen MR) is 91.7 cm³/mol. The number of carbonyl (C=O) groups excluding carboxylic acids is 1. The highest BCUT2D eigenvalue weighted by Crippen LogP contribution is 2.36.